The number of carbonyl (C=O) groups is 3. The van der Waals surface area contributed by atoms with Gasteiger partial charge in [-0.15, -0.1) is 0 Å². The van der Waals surface area contributed by atoms with Gasteiger partial charge in [0.15, 0.2) is 5.78 Å². The molecule has 0 bridgehead atoms. The number of anilines is 3. The molecular weight excluding hydrogens is 418 g/mol. The summed E-state index contributed by atoms with van der Waals surface area (Å²) in [6, 6.07) is 21.4. The first-order valence-corrected chi connectivity index (χ1v) is 10.8. The molecule has 4 rings (SSSR count). The van der Waals surface area contributed by atoms with Gasteiger partial charge in [-0.3, -0.25) is 9.59 Å². The molecule has 0 spiro atoms. The van der Waals surface area contributed by atoms with Crippen LogP contribution < -0.4 is 15.1 Å². The van der Waals surface area contributed by atoms with Crippen LogP contribution in [0.1, 0.15) is 38.0 Å². The van der Waals surface area contributed by atoms with Crippen LogP contribution in [0, 0.1) is 0 Å². The Hall–Kier alpha value is -4.13. The summed E-state index contributed by atoms with van der Waals surface area (Å²) < 4.78 is 0. The van der Waals surface area contributed by atoms with E-state index in [2.05, 4.69) is 15.1 Å². The number of piperazine rings is 1. The molecular formula is C26H25N3O4. The van der Waals surface area contributed by atoms with Crippen molar-refractivity contribution in [3.05, 3.63) is 89.5 Å². The molecule has 0 unspecified atom stereocenters. The van der Waals surface area contributed by atoms with Crippen LogP contribution in [0.5, 0.6) is 0 Å². The Kier molecular flexibility index (Phi) is 6.40. The number of nitrogens with zero attached hydrogens (tertiary/aromatic N) is 2. The first kappa shape index (κ1) is 22.1. The summed E-state index contributed by atoms with van der Waals surface area (Å²) in [5, 5.41) is 12.4. The first-order valence-electron chi connectivity index (χ1n) is 10.8. The Morgan fingerprint density at radius 2 is 1.33 bits per heavy atom. The van der Waals surface area contributed by atoms with Crippen LogP contribution in [-0.2, 0) is 0 Å². The van der Waals surface area contributed by atoms with Crippen LogP contribution in [0.15, 0.2) is 72.8 Å². The Balaban J connectivity index is 1.45. The van der Waals surface area contributed by atoms with Gasteiger partial charge in [-0.1, -0.05) is 18.2 Å². The maximum absolute atomic E-state index is 12.5. The predicted octanol–water partition coefficient (Wildman–Crippen LogP) is 4.17. The lowest BCUT2D eigenvalue weighted by Gasteiger charge is -2.37. The molecule has 1 aliphatic rings. The molecule has 1 fully saturated rings. The third-order valence-electron chi connectivity index (χ3n) is 5.80. The monoisotopic (exact) mass is 443 g/mol. The zero-order chi connectivity index (χ0) is 23.4. The van der Waals surface area contributed by atoms with E-state index in [4.69, 9.17) is 0 Å². The van der Waals surface area contributed by atoms with Crippen molar-refractivity contribution < 1.29 is 19.5 Å². The third-order valence-corrected chi connectivity index (χ3v) is 5.80. The normalized spacial score (nSPS) is 13.5. The zero-order valence-electron chi connectivity index (χ0n) is 18.3. The van der Waals surface area contributed by atoms with Crippen molar-refractivity contribution in [2.45, 2.75) is 6.92 Å². The Labute approximate surface area is 192 Å². The fraction of sp³-hybridized carbons (Fsp3) is 0.192. The molecule has 0 aromatic heterocycles. The lowest BCUT2D eigenvalue weighted by Crippen LogP contribution is -2.46. The lowest BCUT2D eigenvalue weighted by atomic mass is 10.1. The van der Waals surface area contributed by atoms with Gasteiger partial charge in [0.1, 0.15) is 0 Å². The van der Waals surface area contributed by atoms with Gasteiger partial charge in [-0.25, -0.2) is 4.79 Å². The van der Waals surface area contributed by atoms with Crippen molar-refractivity contribution in [2.24, 2.45) is 0 Å². The number of aromatic carboxylic acids is 1. The fourth-order valence-electron chi connectivity index (χ4n) is 3.93. The fourth-order valence-corrected chi connectivity index (χ4v) is 3.93. The molecule has 0 radical (unpaired) electrons. The maximum Gasteiger partial charge on any atom is 0.337 e. The Bertz CT molecular complexity index is 1170. The number of nitrogens with one attached hydrogen (secondary N) is 1. The highest BCUT2D eigenvalue weighted by molar-refractivity contribution is 6.08. The average molecular weight is 444 g/mol. The topological polar surface area (TPSA) is 90.0 Å². The minimum atomic E-state index is -1.09. The van der Waals surface area contributed by atoms with Crippen LogP contribution >= 0.6 is 0 Å². The minimum Gasteiger partial charge on any atom is -0.478 e. The molecule has 3 aromatic carbocycles. The van der Waals surface area contributed by atoms with Crippen molar-refractivity contribution in [1.29, 1.82) is 0 Å². The highest BCUT2D eigenvalue weighted by Gasteiger charge is 2.21. The van der Waals surface area contributed by atoms with Crippen molar-refractivity contribution in [3.8, 4) is 0 Å². The molecule has 168 valence electrons. The summed E-state index contributed by atoms with van der Waals surface area (Å²) in [7, 11) is 0. The molecule has 3 aromatic rings. The van der Waals surface area contributed by atoms with Crippen LogP contribution in [0.25, 0.3) is 0 Å². The van der Waals surface area contributed by atoms with Crippen molar-refractivity contribution in [3.63, 3.8) is 0 Å². The zero-order valence-corrected chi connectivity index (χ0v) is 18.3. The number of carboxylic acids is 1. The smallest absolute Gasteiger partial charge is 0.337 e. The minimum absolute atomic E-state index is 0.0454. The van der Waals surface area contributed by atoms with E-state index in [9.17, 15) is 19.5 Å². The molecule has 7 heteroatoms. The van der Waals surface area contributed by atoms with Crippen LogP contribution in [0.4, 0.5) is 17.1 Å². The van der Waals surface area contributed by atoms with Crippen LogP contribution in [0.2, 0.25) is 0 Å². The van der Waals surface area contributed by atoms with E-state index in [1.54, 1.807) is 43.3 Å². The SMILES string of the molecule is CC(=O)c1ccc(N2CCN(c3ccc(NC(=O)c4ccccc4)c(C(=O)O)c3)CC2)cc1. The summed E-state index contributed by atoms with van der Waals surface area (Å²) >= 11 is 0. The number of hydrogen-bond donors (Lipinski definition) is 2. The van der Waals surface area contributed by atoms with Crippen molar-refractivity contribution in [1.82, 2.24) is 0 Å². The Morgan fingerprint density at radius 3 is 1.91 bits per heavy atom. The predicted molar refractivity (Wildman–Crippen MR) is 129 cm³/mol. The van der Waals surface area contributed by atoms with Gasteiger partial charge >= 0.3 is 5.97 Å². The second kappa shape index (κ2) is 9.56. The standard InChI is InChI=1S/C26H25N3O4/c1-18(30)19-7-9-21(10-8-19)28-13-15-29(16-14-28)22-11-12-24(23(17-22)26(32)33)27-25(31)20-5-3-2-4-6-20/h2-12,17H,13-16H2,1H3,(H,27,31)(H,32,33). The van der Waals surface area contributed by atoms with E-state index in [1.807, 2.05) is 36.4 Å². The van der Waals surface area contributed by atoms with Crippen molar-refractivity contribution in [2.75, 3.05) is 41.3 Å². The Morgan fingerprint density at radius 1 is 0.758 bits per heavy atom. The van der Waals surface area contributed by atoms with Gasteiger partial charge in [-0.2, -0.15) is 0 Å². The largest absolute Gasteiger partial charge is 0.478 e. The van der Waals surface area contributed by atoms with Gasteiger partial charge < -0.3 is 20.2 Å². The number of carbonyl (C=O) groups excluding carboxylic acids is 2. The number of benzene rings is 3. The summed E-state index contributed by atoms with van der Waals surface area (Å²) in [4.78, 5) is 40.2. The van der Waals surface area contributed by atoms with Crippen LogP contribution in [0.3, 0.4) is 0 Å². The van der Waals surface area contributed by atoms with E-state index >= 15 is 0 Å². The summed E-state index contributed by atoms with van der Waals surface area (Å²) in [5.41, 5.74) is 3.34. The highest BCUT2D eigenvalue weighted by atomic mass is 16.4. The number of Topliss-reactive ketones (excluding diaryl/α,β-unsaturated/α-hetero) is 1. The summed E-state index contributed by atoms with van der Waals surface area (Å²) in [6.07, 6.45) is 0. The molecule has 33 heavy (non-hydrogen) atoms. The molecule has 0 saturated carbocycles. The quantitative estimate of drug-likeness (QED) is 0.556. The molecule has 1 amide bonds. The number of hydrogen-bond acceptors (Lipinski definition) is 5. The molecule has 1 aliphatic heterocycles. The van der Waals surface area contributed by atoms with E-state index < -0.39 is 5.97 Å². The van der Waals surface area contributed by atoms with E-state index in [-0.39, 0.29) is 22.9 Å². The van der Waals surface area contributed by atoms with Crippen molar-refractivity contribution >= 4 is 34.7 Å². The van der Waals surface area contributed by atoms with E-state index in [0.29, 0.717) is 11.1 Å². The van der Waals surface area contributed by atoms with E-state index in [0.717, 1.165) is 37.6 Å². The van der Waals surface area contributed by atoms with Gasteiger partial charge in [0.25, 0.3) is 5.91 Å². The average Bonchev–Trinajstić information content (AvgIpc) is 2.85. The molecule has 7 nitrogen and oxygen atoms in total. The second-order valence-corrected chi connectivity index (χ2v) is 7.93. The number of ketones is 1. The molecule has 1 saturated heterocycles. The van der Waals surface area contributed by atoms with Gasteiger partial charge in [0.05, 0.1) is 11.3 Å². The number of amides is 1. The number of carboxylic acid groups (broad SMARTS) is 1. The van der Waals surface area contributed by atoms with Gasteiger partial charge in [0, 0.05) is 48.7 Å². The lowest BCUT2D eigenvalue weighted by molar-refractivity contribution is 0.0697. The highest BCUT2D eigenvalue weighted by Crippen LogP contribution is 2.26. The van der Waals surface area contributed by atoms with Gasteiger partial charge in [0.2, 0.25) is 0 Å². The molecule has 0 atom stereocenters. The molecule has 0 aliphatic carbocycles. The first-order chi connectivity index (χ1) is 15.9. The summed E-state index contributed by atoms with van der Waals surface area (Å²) in [6.45, 7) is 4.55. The number of rotatable bonds is 6. The summed E-state index contributed by atoms with van der Waals surface area (Å²) in [5.74, 6) is -1.40. The molecule has 2 N–H and O–H groups in total. The maximum atomic E-state index is 12.5. The third kappa shape index (κ3) is 5.03. The van der Waals surface area contributed by atoms with E-state index in [1.165, 1.54) is 0 Å². The van der Waals surface area contributed by atoms with Gasteiger partial charge in [-0.05, 0) is 61.5 Å². The van der Waals surface area contributed by atoms with Crippen LogP contribution in [-0.4, -0.2) is 48.9 Å². The molecule has 1 heterocycles. The second-order valence-electron chi connectivity index (χ2n) is 7.93.